The summed E-state index contributed by atoms with van der Waals surface area (Å²) in [5.41, 5.74) is 0.681. The molecule has 0 aromatic carbocycles. The van der Waals surface area contributed by atoms with Crippen LogP contribution < -0.4 is 4.90 Å². The van der Waals surface area contributed by atoms with E-state index in [1.165, 1.54) is 0 Å². The van der Waals surface area contributed by atoms with Gasteiger partial charge in [0.15, 0.2) is 0 Å². The van der Waals surface area contributed by atoms with Crippen LogP contribution in [0, 0.1) is 13.8 Å². The fourth-order valence-corrected chi connectivity index (χ4v) is 3.20. The van der Waals surface area contributed by atoms with Gasteiger partial charge in [0.1, 0.15) is 17.5 Å². The van der Waals surface area contributed by atoms with Crippen LogP contribution in [0.5, 0.6) is 0 Å². The lowest BCUT2D eigenvalue weighted by molar-refractivity contribution is 0.0671. The fraction of sp³-hybridized carbons (Fsp3) is 0.529. The number of anilines is 1. The number of nitrogens with zero attached hydrogens (tertiary/aromatic N) is 6. The second kappa shape index (κ2) is 6.59. The van der Waals surface area contributed by atoms with E-state index >= 15 is 0 Å². The Morgan fingerprint density at radius 2 is 2.12 bits per heavy atom. The van der Waals surface area contributed by atoms with Crippen molar-refractivity contribution in [3.05, 3.63) is 35.5 Å². The topological polar surface area (TPSA) is 67.2 Å². The summed E-state index contributed by atoms with van der Waals surface area (Å²) in [6.45, 7) is 5.31. The number of carbonyl (C=O) groups is 1. The molecule has 2 aromatic heterocycles. The van der Waals surface area contributed by atoms with Gasteiger partial charge in [-0.25, -0.2) is 14.6 Å². The van der Waals surface area contributed by atoms with Crippen molar-refractivity contribution in [1.82, 2.24) is 24.6 Å². The number of carbonyl (C=O) groups excluding carboxylic acids is 1. The van der Waals surface area contributed by atoms with E-state index in [0.717, 1.165) is 36.9 Å². The maximum absolute atomic E-state index is 12.9. The van der Waals surface area contributed by atoms with Gasteiger partial charge >= 0.3 is 0 Å². The number of aromatic nitrogens is 4. The zero-order valence-corrected chi connectivity index (χ0v) is 14.7. The normalized spacial score (nSPS) is 17.8. The number of hydrogen-bond acceptors (Lipinski definition) is 5. The minimum atomic E-state index is 0.0553. The Kier molecular flexibility index (Phi) is 4.51. The number of aryl methyl sites for hydroxylation is 2. The minimum absolute atomic E-state index is 0.0553. The van der Waals surface area contributed by atoms with Crippen LogP contribution in [0.1, 0.15) is 40.9 Å². The van der Waals surface area contributed by atoms with Crippen LogP contribution in [0.25, 0.3) is 0 Å². The van der Waals surface area contributed by atoms with Crippen LogP contribution in [0.2, 0.25) is 0 Å². The Bertz CT molecular complexity index is 738. The lowest BCUT2D eigenvalue weighted by Gasteiger charge is -2.33. The summed E-state index contributed by atoms with van der Waals surface area (Å²) in [4.78, 5) is 25.3. The number of likely N-dealkylation sites (tertiary alicyclic amines) is 1. The summed E-state index contributed by atoms with van der Waals surface area (Å²) in [5.74, 6) is 2.53. The number of piperidine rings is 1. The Labute approximate surface area is 142 Å². The highest BCUT2D eigenvalue weighted by molar-refractivity contribution is 5.94. The zero-order valence-electron chi connectivity index (χ0n) is 14.7. The average molecular weight is 328 g/mol. The number of pyridine rings is 1. The van der Waals surface area contributed by atoms with Crippen molar-refractivity contribution in [2.45, 2.75) is 32.7 Å². The van der Waals surface area contributed by atoms with E-state index in [9.17, 15) is 4.79 Å². The molecule has 3 heterocycles. The Balaban J connectivity index is 1.78. The molecule has 0 saturated carbocycles. The van der Waals surface area contributed by atoms with Crippen LogP contribution in [-0.2, 0) is 0 Å². The molecular formula is C17H24N6O. The van der Waals surface area contributed by atoms with E-state index in [2.05, 4.69) is 15.1 Å². The van der Waals surface area contributed by atoms with Crippen molar-refractivity contribution in [2.75, 3.05) is 32.1 Å². The number of rotatable bonds is 3. The van der Waals surface area contributed by atoms with Crippen molar-refractivity contribution in [3.63, 3.8) is 0 Å². The average Bonchev–Trinajstić information content (AvgIpc) is 2.93. The standard InChI is InChI=1S/C17H24N6O/c1-12-19-13(2)23(20-12)15-6-5-9-22(11-15)17(24)14-7-8-18-16(10-14)21(3)4/h7-8,10,15H,5-6,9,11H2,1-4H3/t15-/m0/s1. The fourth-order valence-electron chi connectivity index (χ4n) is 3.20. The van der Waals surface area contributed by atoms with Gasteiger partial charge in [-0.3, -0.25) is 4.79 Å². The van der Waals surface area contributed by atoms with Crippen LogP contribution in [-0.4, -0.2) is 57.7 Å². The smallest absolute Gasteiger partial charge is 0.254 e. The summed E-state index contributed by atoms with van der Waals surface area (Å²) in [6.07, 6.45) is 3.68. The molecule has 0 bridgehead atoms. The van der Waals surface area contributed by atoms with E-state index in [1.54, 1.807) is 12.3 Å². The molecule has 2 aromatic rings. The first-order valence-electron chi connectivity index (χ1n) is 8.28. The third-order valence-corrected chi connectivity index (χ3v) is 4.39. The molecule has 1 atom stereocenters. The van der Waals surface area contributed by atoms with Crippen molar-refractivity contribution in [2.24, 2.45) is 0 Å². The van der Waals surface area contributed by atoms with E-state index < -0.39 is 0 Å². The van der Waals surface area contributed by atoms with Crippen molar-refractivity contribution in [3.8, 4) is 0 Å². The zero-order chi connectivity index (χ0) is 17.3. The van der Waals surface area contributed by atoms with Gasteiger partial charge < -0.3 is 9.80 Å². The SMILES string of the molecule is Cc1nc(C)n([C@H]2CCCN(C(=O)c3ccnc(N(C)C)c3)C2)n1. The van der Waals surface area contributed by atoms with Gasteiger partial charge in [0.05, 0.1) is 6.04 Å². The molecule has 7 nitrogen and oxygen atoms in total. The molecule has 7 heteroatoms. The maximum Gasteiger partial charge on any atom is 0.254 e. The van der Waals surface area contributed by atoms with E-state index in [1.807, 2.05) is 48.5 Å². The van der Waals surface area contributed by atoms with Crippen LogP contribution in [0.3, 0.4) is 0 Å². The van der Waals surface area contributed by atoms with Gasteiger partial charge in [-0.15, -0.1) is 0 Å². The van der Waals surface area contributed by atoms with Crippen molar-refractivity contribution in [1.29, 1.82) is 0 Å². The van der Waals surface area contributed by atoms with E-state index in [4.69, 9.17) is 0 Å². The highest BCUT2D eigenvalue weighted by Gasteiger charge is 2.27. The van der Waals surface area contributed by atoms with Crippen molar-refractivity contribution >= 4 is 11.7 Å². The van der Waals surface area contributed by atoms with Gasteiger partial charge in [0.25, 0.3) is 5.91 Å². The number of amides is 1. The molecule has 0 radical (unpaired) electrons. The molecule has 1 amide bonds. The van der Waals surface area contributed by atoms with Gasteiger partial charge in [-0.05, 0) is 38.8 Å². The van der Waals surface area contributed by atoms with E-state index in [-0.39, 0.29) is 11.9 Å². The summed E-state index contributed by atoms with van der Waals surface area (Å²) in [6, 6.07) is 3.82. The first-order valence-corrected chi connectivity index (χ1v) is 8.28. The second-order valence-electron chi connectivity index (χ2n) is 6.50. The summed E-state index contributed by atoms with van der Waals surface area (Å²) in [5, 5.41) is 4.49. The third kappa shape index (κ3) is 3.25. The molecule has 128 valence electrons. The van der Waals surface area contributed by atoms with Crippen LogP contribution in [0.15, 0.2) is 18.3 Å². The lowest BCUT2D eigenvalue weighted by Crippen LogP contribution is -2.41. The van der Waals surface area contributed by atoms with Crippen LogP contribution in [0.4, 0.5) is 5.82 Å². The summed E-state index contributed by atoms with van der Waals surface area (Å²) >= 11 is 0. The molecule has 24 heavy (non-hydrogen) atoms. The van der Waals surface area contributed by atoms with Gasteiger partial charge in [0.2, 0.25) is 0 Å². The van der Waals surface area contributed by atoms with Gasteiger partial charge in [0, 0.05) is 38.9 Å². The third-order valence-electron chi connectivity index (χ3n) is 4.39. The predicted octanol–water partition coefficient (Wildman–Crippen LogP) is 1.83. The molecule has 1 aliphatic rings. The molecule has 0 N–H and O–H groups in total. The molecule has 1 saturated heterocycles. The first-order chi connectivity index (χ1) is 11.5. The molecule has 1 fully saturated rings. The molecule has 1 aliphatic heterocycles. The molecule has 0 spiro atoms. The van der Waals surface area contributed by atoms with E-state index in [0.29, 0.717) is 12.1 Å². The Morgan fingerprint density at radius 1 is 1.33 bits per heavy atom. The largest absolute Gasteiger partial charge is 0.363 e. The molecular weight excluding hydrogens is 304 g/mol. The second-order valence-corrected chi connectivity index (χ2v) is 6.50. The van der Waals surface area contributed by atoms with Crippen LogP contribution >= 0.6 is 0 Å². The van der Waals surface area contributed by atoms with Gasteiger partial charge in [-0.2, -0.15) is 5.10 Å². The maximum atomic E-state index is 12.9. The quantitative estimate of drug-likeness (QED) is 0.860. The predicted molar refractivity (Wildman–Crippen MR) is 92.2 cm³/mol. The summed E-state index contributed by atoms with van der Waals surface area (Å²) in [7, 11) is 3.84. The summed E-state index contributed by atoms with van der Waals surface area (Å²) < 4.78 is 1.96. The molecule has 3 rings (SSSR count). The monoisotopic (exact) mass is 328 g/mol. The Hall–Kier alpha value is -2.44. The molecule has 0 unspecified atom stereocenters. The minimum Gasteiger partial charge on any atom is -0.363 e. The Morgan fingerprint density at radius 3 is 2.79 bits per heavy atom. The molecule has 0 aliphatic carbocycles. The lowest BCUT2D eigenvalue weighted by atomic mass is 10.0. The first kappa shape index (κ1) is 16.4. The highest BCUT2D eigenvalue weighted by atomic mass is 16.2. The number of hydrogen-bond donors (Lipinski definition) is 0. The van der Waals surface area contributed by atoms with Gasteiger partial charge in [-0.1, -0.05) is 0 Å². The van der Waals surface area contributed by atoms with Crippen molar-refractivity contribution < 1.29 is 4.79 Å². The highest BCUT2D eigenvalue weighted by Crippen LogP contribution is 2.24.